The molecule has 1 unspecified atom stereocenters. The molecule has 104 valence electrons. The van der Waals surface area contributed by atoms with Crippen LogP contribution in [0.5, 0.6) is 11.5 Å². The van der Waals surface area contributed by atoms with Crippen LogP contribution < -0.4 is 16.0 Å². The van der Waals surface area contributed by atoms with Gasteiger partial charge in [-0.2, -0.15) is 5.43 Å². The second-order valence-corrected chi connectivity index (χ2v) is 4.63. The van der Waals surface area contributed by atoms with E-state index < -0.39 is 0 Å². The summed E-state index contributed by atoms with van der Waals surface area (Å²) < 4.78 is 0. The number of hydrogen-bond acceptors (Lipinski definition) is 6. The van der Waals surface area contributed by atoms with Crippen molar-refractivity contribution < 1.29 is 10.2 Å². The molecule has 0 bridgehead atoms. The normalized spacial score (nSPS) is 19.4. The summed E-state index contributed by atoms with van der Waals surface area (Å²) in [6.07, 6.45) is -0.0885. The van der Waals surface area contributed by atoms with Gasteiger partial charge >= 0.3 is 0 Å². The van der Waals surface area contributed by atoms with Gasteiger partial charge in [0.25, 0.3) is 0 Å². The average molecular weight is 272 g/mol. The molecule has 1 heterocycles. The highest BCUT2D eigenvalue weighted by Crippen LogP contribution is 2.24. The van der Waals surface area contributed by atoms with E-state index in [0.29, 0.717) is 0 Å². The molecule has 20 heavy (non-hydrogen) atoms. The van der Waals surface area contributed by atoms with Crippen LogP contribution >= 0.6 is 0 Å². The van der Waals surface area contributed by atoms with E-state index in [2.05, 4.69) is 10.9 Å². The van der Waals surface area contributed by atoms with Gasteiger partial charge in [0.05, 0.1) is 5.69 Å². The van der Waals surface area contributed by atoms with Crippen molar-refractivity contribution in [1.82, 2.24) is 16.0 Å². The van der Waals surface area contributed by atoms with Crippen molar-refractivity contribution in [3.63, 3.8) is 0 Å². The molecule has 2 aromatic rings. The standard InChI is InChI=1S/C14H16N4O2/c1-17-15-14(10-2-6-12(19)7-3-10)16-18(17)11-4-8-13(20)9-5-11/h2-9,14-16,19-20H,1H3. The van der Waals surface area contributed by atoms with Gasteiger partial charge < -0.3 is 10.2 Å². The molecule has 0 aromatic heterocycles. The summed E-state index contributed by atoms with van der Waals surface area (Å²) in [7, 11) is 1.89. The van der Waals surface area contributed by atoms with Gasteiger partial charge in [0.15, 0.2) is 0 Å². The second kappa shape index (κ2) is 5.01. The Labute approximate surface area is 116 Å². The molecule has 3 rings (SSSR count). The highest BCUT2D eigenvalue weighted by atomic mass is 16.3. The maximum atomic E-state index is 9.33. The molecule has 0 spiro atoms. The molecule has 1 aliphatic heterocycles. The average Bonchev–Trinajstić information content (AvgIpc) is 2.82. The monoisotopic (exact) mass is 272 g/mol. The molecule has 1 atom stereocenters. The largest absolute Gasteiger partial charge is 0.508 e. The van der Waals surface area contributed by atoms with E-state index in [4.69, 9.17) is 0 Å². The first-order valence-corrected chi connectivity index (χ1v) is 6.27. The van der Waals surface area contributed by atoms with E-state index in [9.17, 15) is 10.2 Å². The summed E-state index contributed by atoms with van der Waals surface area (Å²) in [6.45, 7) is 0. The van der Waals surface area contributed by atoms with Crippen molar-refractivity contribution in [3.05, 3.63) is 54.1 Å². The zero-order valence-corrected chi connectivity index (χ0v) is 11.0. The lowest BCUT2D eigenvalue weighted by Crippen LogP contribution is -2.41. The number of nitrogens with zero attached hydrogens (tertiary/aromatic N) is 2. The first-order chi connectivity index (χ1) is 9.63. The van der Waals surface area contributed by atoms with Gasteiger partial charge in [-0.25, -0.2) is 10.5 Å². The third-order valence-corrected chi connectivity index (χ3v) is 3.19. The van der Waals surface area contributed by atoms with Crippen LogP contribution in [0.3, 0.4) is 0 Å². The van der Waals surface area contributed by atoms with Crippen LogP contribution in [0.1, 0.15) is 11.7 Å². The lowest BCUT2D eigenvalue weighted by molar-refractivity contribution is 0.268. The molecule has 0 radical (unpaired) electrons. The minimum atomic E-state index is -0.0885. The maximum absolute atomic E-state index is 9.33. The maximum Gasteiger partial charge on any atom is 0.117 e. The van der Waals surface area contributed by atoms with Crippen LogP contribution in [0, 0.1) is 0 Å². The summed E-state index contributed by atoms with van der Waals surface area (Å²) in [6, 6.07) is 13.9. The second-order valence-electron chi connectivity index (χ2n) is 4.63. The number of phenols is 2. The summed E-state index contributed by atoms with van der Waals surface area (Å²) in [5.41, 5.74) is 8.47. The minimum absolute atomic E-state index is 0.0885. The Bertz CT molecular complexity index is 585. The zero-order valence-electron chi connectivity index (χ0n) is 11.0. The molecule has 1 aliphatic rings. The smallest absolute Gasteiger partial charge is 0.117 e. The van der Waals surface area contributed by atoms with Crippen LogP contribution in [0.15, 0.2) is 48.5 Å². The van der Waals surface area contributed by atoms with Crippen LogP contribution in [0.2, 0.25) is 0 Å². The Balaban J connectivity index is 1.79. The van der Waals surface area contributed by atoms with E-state index in [-0.39, 0.29) is 17.7 Å². The van der Waals surface area contributed by atoms with Gasteiger partial charge in [-0.1, -0.05) is 12.1 Å². The predicted molar refractivity (Wildman–Crippen MR) is 75.5 cm³/mol. The van der Waals surface area contributed by atoms with Crippen molar-refractivity contribution in [2.75, 3.05) is 12.2 Å². The molecule has 4 N–H and O–H groups in total. The van der Waals surface area contributed by atoms with Crippen LogP contribution in [-0.2, 0) is 0 Å². The first kappa shape index (κ1) is 12.7. The highest BCUT2D eigenvalue weighted by Gasteiger charge is 2.27. The molecule has 6 heteroatoms. The fraction of sp³-hybridized carbons (Fsp3) is 0.143. The highest BCUT2D eigenvalue weighted by molar-refractivity contribution is 5.47. The molecule has 0 amide bonds. The van der Waals surface area contributed by atoms with Gasteiger partial charge in [0.2, 0.25) is 0 Å². The fourth-order valence-electron chi connectivity index (χ4n) is 2.14. The third kappa shape index (κ3) is 2.39. The fourth-order valence-corrected chi connectivity index (χ4v) is 2.14. The Morgan fingerprint density at radius 3 is 2.00 bits per heavy atom. The molecule has 1 fully saturated rings. The van der Waals surface area contributed by atoms with Crippen LogP contribution in [0.4, 0.5) is 5.69 Å². The molecule has 0 aliphatic carbocycles. The van der Waals surface area contributed by atoms with E-state index >= 15 is 0 Å². The number of aromatic hydroxyl groups is 2. The molecule has 0 saturated carbocycles. The van der Waals surface area contributed by atoms with Crippen molar-refractivity contribution in [1.29, 1.82) is 0 Å². The van der Waals surface area contributed by atoms with Crippen molar-refractivity contribution in [3.8, 4) is 11.5 Å². The van der Waals surface area contributed by atoms with Crippen LogP contribution in [-0.4, -0.2) is 22.4 Å². The summed E-state index contributed by atoms with van der Waals surface area (Å²) in [5, 5.41) is 22.3. The number of hydrazine groups is 3. The number of nitrogens with one attached hydrogen (secondary N) is 2. The number of phenolic OH excluding ortho intramolecular Hbond substituents is 2. The topological polar surface area (TPSA) is 71.0 Å². The number of hydrogen-bond donors (Lipinski definition) is 4. The molecular formula is C14H16N4O2. The van der Waals surface area contributed by atoms with Gasteiger partial charge in [0, 0.05) is 7.05 Å². The van der Waals surface area contributed by atoms with E-state index in [1.165, 1.54) is 0 Å². The quantitative estimate of drug-likeness (QED) is 0.664. The zero-order chi connectivity index (χ0) is 14.1. The summed E-state index contributed by atoms with van der Waals surface area (Å²) >= 11 is 0. The van der Waals surface area contributed by atoms with E-state index in [1.807, 2.05) is 41.5 Å². The molecule has 1 saturated heterocycles. The first-order valence-electron chi connectivity index (χ1n) is 6.27. The lowest BCUT2D eigenvalue weighted by Gasteiger charge is -2.23. The predicted octanol–water partition coefficient (Wildman–Crippen LogP) is 1.47. The van der Waals surface area contributed by atoms with Gasteiger partial charge in [-0.05, 0) is 42.0 Å². The van der Waals surface area contributed by atoms with Crippen molar-refractivity contribution in [2.45, 2.75) is 6.17 Å². The summed E-state index contributed by atoms with van der Waals surface area (Å²) in [4.78, 5) is 0. The van der Waals surface area contributed by atoms with E-state index in [1.54, 1.807) is 24.3 Å². The number of rotatable bonds is 2. The Morgan fingerprint density at radius 1 is 0.850 bits per heavy atom. The Hall–Kier alpha value is -2.28. The number of anilines is 1. The molecule has 6 nitrogen and oxygen atoms in total. The van der Waals surface area contributed by atoms with Gasteiger partial charge in [0.1, 0.15) is 17.7 Å². The SMILES string of the molecule is CN1NC(c2ccc(O)cc2)NN1c1ccc(O)cc1. The number of benzene rings is 2. The van der Waals surface area contributed by atoms with E-state index in [0.717, 1.165) is 11.3 Å². The third-order valence-electron chi connectivity index (χ3n) is 3.19. The van der Waals surface area contributed by atoms with Crippen molar-refractivity contribution >= 4 is 5.69 Å². The van der Waals surface area contributed by atoms with Crippen LogP contribution in [0.25, 0.3) is 0 Å². The minimum Gasteiger partial charge on any atom is -0.508 e. The summed E-state index contributed by atoms with van der Waals surface area (Å²) in [5.74, 6) is 0.481. The Kier molecular flexibility index (Phi) is 3.19. The van der Waals surface area contributed by atoms with Crippen molar-refractivity contribution in [2.24, 2.45) is 0 Å². The Morgan fingerprint density at radius 2 is 1.40 bits per heavy atom. The lowest BCUT2D eigenvalue weighted by atomic mass is 10.2. The van der Waals surface area contributed by atoms with Gasteiger partial charge in [-0.3, -0.25) is 0 Å². The van der Waals surface area contributed by atoms with Gasteiger partial charge in [-0.15, -0.1) is 5.12 Å². The molecule has 2 aromatic carbocycles. The molecular weight excluding hydrogens is 256 g/mol.